The second kappa shape index (κ2) is 5.86. The molecule has 2 aromatic heterocycles. The third kappa shape index (κ3) is 3.25. The summed E-state index contributed by atoms with van der Waals surface area (Å²) in [6, 6.07) is 0. The molecule has 2 aliphatic heterocycles. The summed E-state index contributed by atoms with van der Waals surface area (Å²) in [5.74, 6) is -0.778. The zero-order valence-corrected chi connectivity index (χ0v) is 15.1. The fourth-order valence-electron chi connectivity index (χ4n) is 3.15. The van der Waals surface area contributed by atoms with E-state index in [0.717, 1.165) is 0 Å². The van der Waals surface area contributed by atoms with Crippen LogP contribution in [0, 0.1) is 0 Å². The molecule has 2 aromatic rings. The molecule has 0 saturated carbocycles. The number of nitrogens with two attached hydrogens (primary N) is 1. The van der Waals surface area contributed by atoms with Crippen LogP contribution in [-0.4, -0.2) is 57.8 Å². The number of hydrogen-bond acceptors (Lipinski definition) is 9. The maximum Gasteiger partial charge on any atom is 0.333 e. The Labute approximate surface area is 148 Å². The summed E-state index contributed by atoms with van der Waals surface area (Å²) in [4.78, 5) is 12.5. The van der Waals surface area contributed by atoms with Gasteiger partial charge in [0.25, 0.3) is 0 Å². The molecule has 2 aliphatic rings. The highest BCUT2D eigenvalue weighted by atomic mass is 32.2. The number of rotatable bonds is 4. The highest BCUT2D eigenvalue weighted by Gasteiger charge is 2.55. The molecule has 12 heteroatoms. The van der Waals surface area contributed by atoms with Crippen molar-refractivity contribution < 1.29 is 22.1 Å². The Hall–Kier alpha value is -1.31. The van der Waals surface area contributed by atoms with Gasteiger partial charge in [-0.15, -0.1) is 11.8 Å². The van der Waals surface area contributed by atoms with Crippen LogP contribution in [0.1, 0.15) is 19.2 Å². The minimum Gasteiger partial charge on any atom is -0.343 e. The maximum atomic E-state index is 11.1. The SMILES string of the molecule is CC1(C)OC2C(COS(N)(=O)=O)SC(n3cnc4cncnc43)C2O1. The average Bonchev–Trinajstić information content (AvgIpc) is 3.15. The van der Waals surface area contributed by atoms with Crippen LogP contribution in [0.5, 0.6) is 0 Å². The molecule has 25 heavy (non-hydrogen) atoms. The van der Waals surface area contributed by atoms with Crippen LogP contribution in [0.3, 0.4) is 0 Å². The zero-order chi connectivity index (χ0) is 17.8. The van der Waals surface area contributed by atoms with Crippen molar-refractivity contribution in [2.24, 2.45) is 5.14 Å². The summed E-state index contributed by atoms with van der Waals surface area (Å²) in [5, 5.41) is 4.48. The van der Waals surface area contributed by atoms with Gasteiger partial charge in [-0.3, -0.25) is 8.75 Å². The molecular formula is C13H17N5O5S2. The number of fused-ring (bicyclic) bond motifs is 2. The Morgan fingerprint density at radius 1 is 1.36 bits per heavy atom. The molecule has 2 N–H and O–H groups in total. The first-order valence-corrected chi connectivity index (χ1v) is 9.96. The molecule has 0 aromatic carbocycles. The van der Waals surface area contributed by atoms with Gasteiger partial charge in [0.05, 0.1) is 24.4 Å². The summed E-state index contributed by atoms with van der Waals surface area (Å²) in [7, 11) is -4.02. The average molecular weight is 387 g/mol. The van der Waals surface area contributed by atoms with Gasteiger partial charge in [-0.05, 0) is 13.8 Å². The van der Waals surface area contributed by atoms with E-state index in [9.17, 15) is 8.42 Å². The van der Waals surface area contributed by atoms with Gasteiger partial charge in [0.15, 0.2) is 11.4 Å². The number of nitrogens with zero attached hydrogens (tertiary/aromatic N) is 4. The lowest BCUT2D eigenvalue weighted by atomic mass is 10.1. The predicted molar refractivity (Wildman–Crippen MR) is 88.6 cm³/mol. The lowest BCUT2D eigenvalue weighted by molar-refractivity contribution is -0.149. The Bertz CT molecular complexity index is 901. The van der Waals surface area contributed by atoms with Gasteiger partial charge >= 0.3 is 10.3 Å². The Morgan fingerprint density at radius 3 is 2.88 bits per heavy atom. The van der Waals surface area contributed by atoms with Gasteiger partial charge in [-0.25, -0.2) is 20.1 Å². The monoisotopic (exact) mass is 387 g/mol. The van der Waals surface area contributed by atoms with Crippen molar-refractivity contribution >= 4 is 33.2 Å². The molecule has 4 atom stereocenters. The summed E-state index contributed by atoms with van der Waals surface area (Å²) < 4.78 is 41.0. The Morgan fingerprint density at radius 2 is 2.12 bits per heavy atom. The Kier molecular flexibility index (Phi) is 4.01. The predicted octanol–water partition coefficient (Wildman–Crippen LogP) is 0.181. The molecule has 0 amide bonds. The van der Waals surface area contributed by atoms with Crippen molar-refractivity contribution in [1.82, 2.24) is 19.5 Å². The van der Waals surface area contributed by atoms with Crippen LogP contribution in [0.15, 0.2) is 18.9 Å². The lowest BCUT2D eigenvalue weighted by Crippen LogP contribution is -2.33. The van der Waals surface area contributed by atoms with Crippen molar-refractivity contribution in [3.8, 4) is 0 Å². The fraction of sp³-hybridized carbons (Fsp3) is 0.615. The summed E-state index contributed by atoms with van der Waals surface area (Å²) in [5.41, 5.74) is 1.34. The molecule has 2 fully saturated rings. The summed E-state index contributed by atoms with van der Waals surface area (Å²) >= 11 is 1.48. The van der Waals surface area contributed by atoms with Crippen molar-refractivity contribution in [2.45, 2.75) is 42.5 Å². The molecule has 4 rings (SSSR count). The lowest BCUT2D eigenvalue weighted by Gasteiger charge is -2.23. The third-order valence-corrected chi connectivity index (χ3v) is 6.03. The second-order valence-electron chi connectivity index (χ2n) is 6.29. The molecular weight excluding hydrogens is 370 g/mol. The Balaban J connectivity index is 1.66. The van der Waals surface area contributed by atoms with Gasteiger partial charge < -0.3 is 9.47 Å². The van der Waals surface area contributed by atoms with Crippen LogP contribution < -0.4 is 5.14 Å². The van der Waals surface area contributed by atoms with E-state index in [1.807, 2.05) is 18.4 Å². The van der Waals surface area contributed by atoms with Crippen LogP contribution in [0.25, 0.3) is 11.2 Å². The molecule has 0 radical (unpaired) electrons. The van der Waals surface area contributed by atoms with Gasteiger partial charge in [0, 0.05) is 0 Å². The molecule has 0 bridgehead atoms. The number of thioether (sulfide) groups is 1. The standard InChI is InChI=1S/C13H17N5O5S2/c1-13(2)22-9-8(4-21-25(14,19)20)24-12(10(9)23-13)18-6-17-7-3-15-5-16-11(7)18/h3,5-6,8-10,12H,4H2,1-2H3,(H2,14,19,20). The van der Waals surface area contributed by atoms with Crippen molar-refractivity contribution in [3.63, 3.8) is 0 Å². The number of hydrogen-bond donors (Lipinski definition) is 1. The second-order valence-corrected chi connectivity index (χ2v) is 8.87. The van der Waals surface area contributed by atoms with Gasteiger partial charge in [-0.2, -0.15) is 8.42 Å². The van der Waals surface area contributed by atoms with E-state index in [-0.39, 0.29) is 29.4 Å². The van der Waals surface area contributed by atoms with Gasteiger partial charge in [-0.1, -0.05) is 0 Å². The minimum atomic E-state index is -4.02. The first-order chi connectivity index (χ1) is 11.7. The van der Waals surface area contributed by atoms with E-state index in [1.165, 1.54) is 18.1 Å². The minimum absolute atomic E-state index is 0.0950. The molecule has 10 nitrogen and oxygen atoms in total. The van der Waals surface area contributed by atoms with Crippen LogP contribution in [0.4, 0.5) is 0 Å². The van der Waals surface area contributed by atoms with E-state index in [0.29, 0.717) is 11.2 Å². The fourth-order valence-corrected chi connectivity index (χ4v) is 5.09. The van der Waals surface area contributed by atoms with E-state index >= 15 is 0 Å². The van der Waals surface area contributed by atoms with Crippen LogP contribution in [0.2, 0.25) is 0 Å². The van der Waals surface area contributed by atoms with Gasteiger partial charge in [0.2, 0.25) is 0 Å². The smallest absolute Gasteiger partial charge is 0.333 e. The molecule has 2 saturated heterocycles. The van der Waals surface area contributed by atoms with E-state index in [4.69, 9.17) is 18.8 Å². The van der Waals surface area contributed by atoms with Crippen molar-refractivity contribution in [3.05, 3.63) is 18.9 Å². The first kappa shape index (κ1) is 17.1. The van der Waals surface area contributed by atoms with Crippen LogP contribution >= 0.6 is 11.8 Å². The van der Waals surface area contributed by atoms with Crippen molar-refractivity contribution in [1.29, 1.82) is 0 Å². The molecule has 0 aliphatic carbocycles. The largest absolute Gasteiger partial charge is 0.343 e. The highest BCUT2D eigenvalue weighted by molar-refractivity contribution is 8.00. The molecule has 4 heterocycles. The van der Waals surface area contributed by atoms with Gasteiger partial charge in [0.1, 0.15) is 29.4 Å². The maximum absolute atomic E-state index is 11.1. The zero-order valence-electron chi connectivity index (χ0n) is 13.5. The van der Waals surface area contributed by atoms with E-state index in [2.05, 4.69) is 15.0 Å². The normalized spacial score (nSPS) is 31.5. The topological polar surface area (TPSA) is 131 Å². The van der Waals surface area contributed by atoms with E-state index in [1.54, 1.807) is 12.5 Å². The summed E-state index contributed by atoms with van der Waals surface area (Å²) in [6.45, 7) is 3.54. The highest BCUT2D eigenvalue weighted by Crippen LogP contribution is 2.51. The van der Waals surface area contributed by atoms with Crippen LogP contribution in [-0.2, 0) is 24.0 Å². The number of ether oxygens (including phenoxy) is 2. The number of aromatic nitrogens is 4. The first-order valence-electron chi connectivity index (χ1n) is 7.54. The van der Waals surface area contributed by atoms with Crippen molar-refractivity contribution in [2.75, 3.05) is 6.61 Å². The quantitative estimate of drug-likeness (QED) is 0.780. The van der Waals surface area contributed by atoms with E-state index < -0.39 is 16.1 Å². The third-order valence-electron chi connectivity index (χ3n) is 4.03. The summed E-state index contributed by atoms with van der Waals surface area (Å²) in [6.07, 6.45) is 4.11. The molecule has 0 spiro atoms. The number of imidazole rings is 1. The molecule has 136 valence electrons. The molecule has 4 unspecified atom stereocenters.